The Morgan fingerprint density at radius 2 is 1.86 bits per heavy atom. The largest absolute Gasteiger partial charge is 0.279 e. The number of hydrogen-bond acceptors (Lipinski definition) is 3. The van der Waals surface area contributed by atoms with E-state index in [-0.39, 0.29) is 4.90 Å². The molecule has 0 aromatic heterocycles. The molecule has 6 heteroatoms. The zero-order valence-electron chi connectivity index (χ0n) is 11.3. The summed E-state index contributed by atoms with van der Waals surface area (Å²) in [5.41, 5.74) is 1.89. The number of nitriles is 1. The van der Waals surface area contributed by atoms with Crippen LogP contribution in [-0.2, 0) is 16.4 Å². The van der Waals surface area contributed by atoms with Crippen LogP contribution in [0.15, 0.2) is 51.8 Å². The molecule has 0 unspecified atom stereocenters. The smallest absolute Gasteiger partial charge is 0.261 e. The Balaban J connectivity index is 2.35. The molecule has 1 N–H and O–H groups in total. The minimum atomic E-state index is -3.66. The van der Waals surface area contributed by atoms with Crippen molar-refractivity contribution in [2.75, 3.05) is 4.72 Å². The molecule has 0 saturated heterocycles. The number of sulfonamides is 1. The third kappa shape index (κ3) is 3.63. The maximum absolute atomic E-state index is 12.3. The Hall–Kier alpha value is -1.84. The van der Waals surface area contributed by atoms with Crippen LogP contribution in [0.2, 0.25) is 0 Å². The number of hydrogen-bond donors (Lipinski definition) is 1. The first kappa shape index (κ1) is 15.5. The van der Waals surface area contributed by atoms with Crippen molar-refractivity contribution >= 4 is 31.6 Å². The third-order valence-electron chi connectivity index (χ3n) is 2.99. The molecule has 0 atom stereocenters. The lowest BCUT2D eigenvalue weighted by atomic mass is 10.1. The van der Waals surface area contributed by atoms with Crippen molar-refractivity contribution < 1.29 is 8.42 Å². The van der Waals surface area contributed by atoms with Gasteiger partial charge in [0.1, 0.15) is 0 Å². The molecule has 0 radical (unpaired) electrons. The van der Waals surface area contributed by atoms with Crippen LogP contribution in [0.3, 0.4) is 0 Å². The second-order valence-electron chi connectivity index (χ2n) is 4.40. The van der Waals surface area contributed by atoms with Gasteiger partial charge in [0.05, 0.1) is 22.2 Å². The number of rotatable bonds is 4. The summed E-state index contributed by atoms with van der Waals surface area (Å²) >= 11 is 3.37. The molecule has 0 spiro atoms. The van der Waals surface area contributed by atoms with Gasteiger partial charge >= 0.3 is 0 Å². The van der Waals surface area contributed by atoms with Crippen molar-refractivity contribution in [2.45, 2.75) is 18.2 Å². The van der Waals surface area contributed by atoms with Gasteiger partial charge in [0, 0.05) is 4.47 Å². The lowest BCUT2D eigenvalue weighted by Crippen LogP contribution is -2.14. The molecular weight excluding hydrogens is 352 g/mol. The third-order valence-corrected chi connectivity index (χ3v) is 4.86. The first-order valence-corrected chi connectivity index (χ1v) is 8.55. The zero-order chi connectivity index (χ0) is 15.5. The van der Waals surface area contributed by atoms with Crippen LogP contribution < -0.4 is 4.72 Å². The van der Waals surface area contributed by atoms with Crippen molar-refractivity contribution in [2.24, 2.45) is 0 Å². The molecule has 0 saturated carbocycles. The van der Waals surface area contributed by atoms with Crippen LogP contribution in [0, 0.1) is 11.3 Å². The van der Waals surface area contributed by atoms with Gasteiger partial charge in [0.2, 0.25) is 0 Å². The highest BCUT2D eigenvalue weighted by Gasteiger charge is 2.15. The van der Waals surface area contributed by atoms with Crippen molar-refractivity contribution in [3.05, 3.63) is 58.1 Å². The monoisotopic (exact) mass is 364 g/mol. The molecule has 4 nitrogen and oxygen atoms in total. The molecule has 0 amide bonds. The maximum atomic E-state index is 12.3. The second-order valence-corrected chi connectivity index (χ2v) is 6.99. The van der Waals surface area contributed by atoms with E-state index in [0.29, 0.717) is 17.7 Å². The summed E-state index contributed by atoms with van der Waals surface area (Å²) in [5, 5.41) is 8.74. The van der Waals surface area contributed by atoms with Crippen molar-refractivity contribution in [1.29, 1.82) is 5.26 Å². The van der Waals surface area contributed by atoms with Crippen LogP contribution in [0.5, 0.6) is 0 Å². The predicted octanol–water partition coefficient (Wildman–Crippen LogP) is 3.68. The number of anilines is 1. The molecule has 0 heterocycles. The van der Waals surface area contributed by atoms with E-state index in [1.165, 1.54) is 24.3 Å². The lowest BCUT2D eigenvalue weighted by molar-refractivity contribution is 0.601. The maximum Gasteiger partial charge on any atom is 0.261 e. The quantitative estimate of drug-likeness (QED) is 0.899. The molecule has 2 aromatic rings. The van der Waals surface area contributed by atoms with E-state index in [9.17, 15) is 8.42 Å². The minimum Gasteiger partial charge on any atom is -0.279 e. The molecule has 0 bridgehead atoms. The fourth-order valence-electron chi connectivity index (χ4n) is 1.87. The zero-order valence-corrected chi connectivity index (χ0v) is 13.7. The van der Waals surface area contributed by atoms with Gasteiger partial charge < -0.3 is 0 Å². The average molecular weight is 365 g/mol. The first-order chi connectivity index (χ1) is 9.96. The highest BCUT2D eigenvalue weighted by molar-refractivity contribution is 9.10. The molecule has 108 valence electrons. The molecule has 0 aliphatic carbocycles. The van der Waals surface area contributed by atoms with Gasteiger partial charge in [-0.3, -0.25) is 4.72 Å². The summed E-state index contributed by atoms with van der Waals surface area (Å²) in [6.07, 6.45) is 0.713. The van der Waals surface area contributed by atoms with Gasteiger partial charge in [-0.1, -0.05) is 22.9 Å². The molecule has 2 rings (SSSR count). The van der Waals surface area contributed by atoms with E-state index in [1.807, 2.05) is 19.1 Å². The summed E-state index contributed by atoms with van der Waals surface area (Å²) in [6, 6.07) is 13.2. The van der Waals surface area contributed by atoms with Crippen LogP contribution in [0.25, 0.3) is 0 Å². The predicted molar refractivity (Wildman–Crippen MR) is 85.5 cm³/mol. The normalized spacial score (nSPS) is 10.9. The highest BCUT2D eigenvalue weighted by Crippen LogP contribution is 2.24. The minimum absolute atomic E-state index is 0.131. The van der Waals surface area contributed by atoms with Crippen LogP contribution in [0.4, 0.5) is 5.69 Å². The second kappa shape index (κ2) is 6.29. The van der Waals surface area contributed by atoms with E-state index >= 15 is 0 Å². The van der Waals surface area contributed by atoms with Crippen LogP contribution in [-0.4, -0.2) is 8.42 Å². The average Bonchev–Trinajstić information content (AvgIpc) is 2.49. The van der Waals surface area contributed by atoms with E-state index < -0.39 is 10.0 Å². The molecule has 0 fully saturated rings. The summed E-state index contributed by atoms with van der Waals surface area (Å²) in [4.78, 5) is 0.131. The van der Waals surface area contributed by atoms with Gasteiger partial charge in [-0.2, -0.15) is 5.26 Å². The topological polar surface area (TPSA) is 70.0 Å². The van der Waals surface area contributed by atoms with Gasteiger partial charge in [0.25, 0.3) is 10.0 Å². The van der Waals surface area contributed by atoms with Gasteiger partial charge in [-0.05, 0) is 54.4 Å². The molecule has 21 heavy (non-hydrogen) atoms. The van der Waals surface area contributed by atoms with E-state index in [4.69, 9.17) is 5.26 Å². The van der Waals surface area contributed by atoms with Gasteiger partial charge in [0.15, 0.2) is 0 Å². The van der Waals surface area contributed by atoms with Gasteiger partial charge in [-0.25, -0.2) is 8.42 Å². The van der Waals surface area contributed by atoms with E-state index in [0.717, 1.165) is 10.0 Å². The Bertz CT molecular complexity index is 793. The Kier molecular flexibility index (Phi) is 4.66. The van der Waals surface area contributed by atoms with Crippen molar-refractivity contribution in [1.82, 2.24) is 0 Å². The van der Waals surface area contributed by atoms with Crippen molar-refractivity contribution in [3.63, 3.8) is 0 Å². The Morgan fingerprint density at radius 3 is 2.43 bits per heavy atom. The lowest BCUT2D eigenvalue weighted by Gasteiger charge is -2.12. The molecule has 2 aromatic carbocycles. The number of halogens is 1. The van der Waals surface area contributed by atoms with Gasteiger partial charge in [-0.15, -0.1) is 0 Å². The highest BCUT2D eigenvalue weighted by atomic mass is 79.9. The van der Waals surface area contributed by atoms with Crippen LogP contribution in [0.1, 0.15) is 18.1 Å². The SMILES string of the molecule is CCc1cc(Br)ccc1NS(=O)(=O)c1ccc(C#N)cc1. The number of benzene rings is 2. The fourth-order valence-corrected chi connectivity index (χ4v) is 3.38. The van der Waals surface area contributed by atoms with E-state index in [1.54, 1.807) is 12.1 Å². The fraction of sp³-hybridized carbons (Fsp3) is 0.133. The molecule has 0 aliphatic heterocycles. The number of aryl methyl sites for hydroxylation is 1. The number of nitrogens with one attached hydrogen (secondary N) is 1. The summed E-state index contributed by atoms with van der Waals surface area (Å²) in [5.74, 6) is 0. The molecular formula is C15H13BrN2O2S. The molecule has 0 aliphatic rings. The Morgan fingerprint density at radius 1 is 1.19 bits per heavy atom. The summed E-state index contributed by atoms with van der Waals surface area (Å²) < 4.78 is 28.2. The standard InChI is InChI=1S/C15H13BrN2O2S/c1-2-12-9-13(16)5-8-15(12)18-21(19,20)14-6-3-11(10-17)4-7-14/h3-9,18H,2H2,1H3. The van der Waals surface area contributed by atoms with Crippen molar-refractivity contribution in [3.8, 4) is 6.07 Å². The van der Waals surface area contributed by atoms with Crippen LogP contribution >= 0.6 is 15.9 Å². The summed E-state index contributed by atoms with van der Waals surface area (Å²) in [6.45, 7) is 1.96. The number of nitrogens with zero attached hydrogens (tertiary/aromatic N) is 1. The first-order valence-electron chi connectivity index (χ1n) is 6.27. The Labute approximate surface area is 132 Å². The summed E-state index contributed by atoms with van der Waals surface area (Å²) in [7, 11) is -3.66. The van der Waals surface area contributed by atoms with E-state index in [2.05, 4.69) is 20.7 Å².